The molecule has 8 nitrogen and oxygen atoms in total. The maximum Gasteiger partial charge on any atom is 0.348 e. The van der Waals surface area contributed by atoms with E-state index >= 15 is 0 Å². The van der Waals surface area contributed by atoms with E-state index < -0.39 is 11.6 Å². The number of nitrogens with zero attached hydrogens (tertiary/aromatic N) is 3. The summed E-state index contributed by atoms with van der Waals surface area (Å²) in [6.07, 6.45) is 7.04. The van der Waals surface area contributed by atoms with Gasteiger partial charge in [-0.15, -0.1) is 0 Å². The number of esters is 1. The minimum Gasteiger partial charge on any atom is -0.453 e. The van der Waals surface area contributed by atoms with Crippen LogP contribution in [0.15, 0.2) is 79.3 Å². The first-order chi connectivity index (χ1) is 18.0. The summed E-state index contributed by atoms with van der Waals surface area (Å²) < 4.78 is 7.00. The molecule has 3 aliphatic heterocycles. The van der Waals surface area contributed by atoms with Gasteiger partial charge in [-0.3, -0.25) is 9.78 Å². The zero-order valence-electron chi connectivity index (χ0n) is 20.8. The molecule has 3 saturated heterocycles. The highest BCUT2D eigenvalue weighted by Gasteiger charge is 2.50. The van der Waals surface area contributed by atoms with Gasteiger partial charge in [0, 0.05) is 44.1 Å². The Morgan fingerprint density at radius 2 is 1.65 bits per heavy atom. The first-order valence-corrected chi connectivity index (χ1v) is 12.9. The van der Waals surface area contributed by atoms with E-state index in [1.165, 1.54) is 18.6 Å². The first kappa shape index (κ1) is 25.0. The number of fused-ring (bicyclic) bond motifs is 3. The van der Waals surface area contributed by atoms with E-state index in [4.69, 9.17) is 4.74 Å². The molecule has 8 heteroatoms. The number of ether oxygens (including phenoxy) is 1. The number of aliphatic hydroxyl groups is 1. The topological polar surface area (TPSA) is 101 Å². The lowest BCUT2D eigenvalue weighted by molar-refractivity contribution is -0.946. The third-order valence-electron chi connectivity index (χ3n) is 7.87. The Morgan fingerprint density at radius 3 is 2.24 bits per heavy atom. The molecule has 2 bridgehead atoms. The predicted molar refractivity (Wildman–Crippen MR) is 137 cm³/mol. The smallest absolute Gasteiger partial charge is 0.348 e. The van der Waals surface area contributed by atoms with E-state index in [1.54, 1.807) is 24.3 Å². The van der Waals surface area contributed by atoms with Crippen LogP contribution in [0.4, 0.5) is 0 Å². The first-order valence-electron chi connectivity index (χ1n) is 12.9. The molecule has 4 heterocycles. The molecule has 2 aromatic carbocycles. The number of carbonyl (C=O) groups is 2. The highest BCUT2D eigenvalue weighted by molar-refractivity contribution is 5.91. The second-order valence-electron chi connectivity index (χ2n) is 10.1. The van der Waals surface area contributed by atoms with Gasteiger partial charge in [-0.25, -0.2) is 9.78 Å². The highest BCUT2D eigenvalue weighted by Crippen LogP contribution is 2.38. The van der Waals surface area contributed by atoms with Gasteiger partial charge < -0.3 is 19.6 Å². The average molecular weight is 502 g/mol. The largest absolute Gasteiger partial charge is 0.453 e. The van der Waals surface area contributed by atoms with Gasteiger partial charge in [0.05, 0.1) is 25.8 Å². The van der Waals surface area contributed by atoms with Crippen LogP contribution in [-0.4, -0.2) is 70.3 Å². The fourth-order valence-electron chi connectivity index (χ4n) is 5.78. The van der Waals surface area contributed by atoms with Crippen LogP contribution in [0.25, 0.3) is 0 Å². The van der Waals surface area contributed by atoms with Crippen LogP contribution < -0.4 is 5.32 Å². The van der Waals surface area contributed by atoms with Crippen LogP contribution in [0.3, 0.4) is 0 Å². The molecule has 1 atom stereocenters. The second-order valence-corrected chi connectivity index (χ2v) is 10.1. The number of rotatable bonds is 9. The molecular formula is C29H33N4O4+. The van der Waals surface area contributed by atoms with Crippen LogP contribution in [0.2, 0.25) is 0 Å². The molecule has 6 rings (SSSR count). The number of hydrogen-bond acceptors (Lipinski definition) is 6. The Labute approximate surface area is 216 Å². The predicted octanol–water partition coefficient (Wildman–Crippen LogP) is 2.68. The van der Waals surface area contributed by atoms with E-state index in [0.717, 1.165) is 49.9 Å². The number of benzene rings is 2. The molecule has 3 aliphatic rings. The van der Waals surface area contributed by atoms with E-state index in [0.29, 0.717) is 29.3 Å². The maximum atomic E-state index is 13.6. The molecular weight excluding hydrogens is 468 g/mol. The molecule has 0 radical (unpaired) electrons. The van der Waals surface area contributed by atoms with E-state index in [-0.39, 0.29) is 12.0 Å². The number of piperidine rings is 3. The number of amides is 1. The van der Waals surface area contributed by atoms with Crippen molar-refractivity contribution in [2.24, 2.45) is 5.92 Å². The summed E-state index contributed by atoms with van der Waals surface area (Å²) in [7, 11) is 0. The summed E-state index contributed by atoms with van der Waals surface area (Å²) in [6, 6.07) is 18.0. The van der Waals surface area contributed by atoms with Crippen LogP contribution in [-0.2, 0) is 15.1 Å². The van der Waals surface area contributed by atoms with Crippen molar-refractivity contribution in [1.82, 2.24) is 15.3 Å². The summed E-state index contributed by atoms with van der Waals surface area (Å²) in [4.78, 5) is 33.9. The molecule has 2 N–H and O–H groups in total. The van der Waals surface area contributed by atoms with Crippen molar-refractivity contribution in [3.05, 3.63) is 96.1 Å². The van der Waals surface area contributed by atoms with E-state index in [1.807, 2.05) is 36.4 Å². The Kier molecular flexibility index (Phi) is 7.30. The summed E-state index contributed by atoms with van der Waals surface area (Å²) in [5, 5.41) is 14.7. The normalized spacial score (nSPS) is 22.8. The molecule has 0 unspecified atom stereocenters. The molecule has 3 fully saturated rings. The maximum absolute atomic E-state index is 13.6. The van der Waals surface area contributed by atoms with Gasteiger partial charge in [-0.1, -0.05) is 60.7 Å². The van der Waals surface area contributed by atoms with E-state index in [9.17, 15) is 14.7 Å². The minimum absolute atomic E-state index is 0.224. The number of aromatic nitrogens is 2. The van der Waals surface area contributed by atoms with Crippen molar-refractivity contribution < 1.29 is 23.9 Å². The lowest BCUT2D eigenvalue weighted by Crippen LogP contribution is -2.65. The van der Waals surface area contributed by atoms with Crippen LogP contribution in [0, 0.1) is 5.92 Å². The Hall–Kier alpha value is -3.62. The van der Waals surface area contributed by atoms with Gasteiger partial charge in [-0.2, -0.15) is 0 Å². The van der Waals surface area contributed by atoms with Crippen LogP contribution in [0.5, 0.6) is 0 Å². The minimum atomic E-state index is -1.87. The standard InChI is InChI=1S/C29H32N4O4/c34-27(25-20-30-15-16-31-25)32-14-7-17-33-18-12-22(13-19-33)26(21-33)37-28(35)29(36,23-8-3-1-4-9-23)24-10-5-2-6-11-24/h1-6,8-11,15-16,20,22,26,36H,7,12-14,17-19,21H2/p+1/t22?,26-,33?/m0/s1. The molecule has 0 spiro atoms. The van der Waals surface area contributed by atoms with Gasteiger partial charge in [0.1, 0.15) is 12.2 Å². The van der Waals surface area contributed by atoms with Crippen molar-refractivity contribution in [3.63, 3.8) is 0 Å². The van der Waals surface area contributed by atoms with Crippen molar-refractivity contribution in [2.45, 2.75) is 31.0 Å². The number of hydrogen-bond donors (Lipinski definition) is 2. The summed E-state index contributed by atoms with van der Waals surface area (Å²) >= 11 is 0. The number of quaternary nitrogens is 1. The van der Waals surface area contributed by atoms with Crippen molar-refractivity contribution >= 4 is 11.9 Å². The molecule has 0 saturated carbocycles. The molecule has 0 aliphatic carbocycles. The highest BCUT2D eigenvalue weighted by atomic mass is 16.6. The Bertz CT molecular complexity index is 1160. The molecule has 3 aromatic rings. The number of carbonyl (C=O) groups excluding carboxylic acids is 2. The summed E-state index contributed by atoms with van der Waals surface area (Å²) in [5.74, 6) is -0.549. The van der Waals surface area contributed by atoms with Crippen LogP contribution in [0.1, 0.15) is 40.9 Å². The molecule has 37 heavy (non-hydrogen) atoms. The van der Waals surface area contributed by atoms with Gasteiger partial charge in [0.2, 0.25) is 5.60 Å². The third kappa shape index (κ3) is 5.26. The van der Waals surface area contributed by atoms with Crippen molar-refractivity contribution in [3.8, 4) is 0 Å². The number of nitrogens with one attached hydrogen (secondary N) is 1. The Morgan fingerprint density at radius 1 is 1.00 bits per heavy atom. The monoisotopic (exact) mass is 501 g/mol. The van der Waals surface area contributed by atoms with E-state index in [2.05, 4.69) is 15.3 Å². The average Bonchev–Trinajstić information content (AvgIpc) is 2.96. The zero-order valence-corrected chi connectivity index (χ0v) is 20.8. The molecule has 1 aromatic heterocycles. The van der Waals surface area contributed by atoms with Crippen LogP contribution >= 0.6 is 0 Å². The fourth-order valence-corrected chi connectivity index (χ4v) is 5.78. The SMILES string of the molecule is O=C(NCCC[N+]12CCC(CC1)[C@@H](OC(=O)C(O)(c1ccccc1)c1ccccc1)C2)c1cnccn1. The van der Waals surface area contributed by atoms with Crippen molar-refractivity contribution in [1.29, 1.82) is 0 Å². The lowest BCUT2D eigenvalue weighted by Gasteiger charge is -2.52. The summed E-state index contributed by atoms with van der Waals surface area (Å²) in [5.41, 5.74) is -0.570. The third-order valence-corrected chi connectivity index (χ3v) is 7.87. The van der Waals surface area contributed by atoms with Crippen molar-refractivity contribution in [2.75, 3.05) is 32.7 Å². The summed E-state index contributed by atoms with van der Waals surface area (Å²) in [6.45, 7) is 4.25. The zero-order chi connectivity index (χ0) is 25.7. The van der Waals surface area contributed by atoms with Gasteiger partial charge in [0.15, 0.2) is 6.10 Å². The van der Waals surface area contributed by atoms with Gasteiger partial charge in [-0.05, 0) is 11.1 Å². The Balaban J connectivity index is 1.24. The van der Waals surface area contributed by atoms with Gasteiger partial charge >= 0.3 is 5.97 Å². The lowest BCUT2D eigenvalue weighted by atomic mass is 9.82. The molecule has 1 amide bonds. The quantitative estimate of drug-likeness (QED) is 0.266. The molecule has 192 valence electrons. The second kappa shape index (κ2) is 10.8. The van der Waals surface area contributed by atoms with Gasteiger partial charge in [0.25, 0.3) is 5.91 Å². The fraction of sp³-hybridized carbons (Fsp3) is 0.379.